The van der Waals surface area contributed by atoms with E-state index in [1.54, 1.807) is 0 Å². The number of rotatable bonds is 0. The predicted molar refractivity (Wildman–Crippen MR) is 31.9 cm³/mol. The van der Waals surface area contributed by atoms with Gasteiger partial charge in [-0.05, 0) is 13.0 Å². The molecule has 1 unspecified atom stereocenters. The summed E-state index contributed by atoms with van der Waals surface area (Å²) in [6, 6.07) is 0. The molecule has 0 aromatic rings. The second-order valence-electron chi connectivity index (χ2n) is 2.59. The first kappa shape index (κ1) is 4.77. The lowest BCUT2D eigenvalue weighted by atomic mass is 9.81. The van der Waals surface area contributed by atoms with Gasteiger partial charge in [0.25, 0.3) is 0 Å². The van der Waals surface area contributed by atoms with Crippen LogP contribution in [0, 0.1) is 18.4 Å². The molecule has 1 atom stereocenters. The molecule has 0 amide bonds. The Hall–Kier alpha value is -0.0800. The lowest BCUT2D eigenvalue weighted by Crippen LogP contribution is -2.50. The Kier molecular flexibility index (Phi) is 0.866. The molecule has 0 bridgehead atoms. The minimum absolute atomic E-state index is 0.444. The molecular formula is C6H10N2. The minimum atomic E-state index is 0.444. The Labute approximate surface area is 49.7 Å². The first-order valence-corrected chi connectivity index (χ1v) is 3.04. The van der Waals surface area contributed by atoms with Gasteiger partial charge in [0.2, 0.25) is 0 Å². The van der Waals surface area contributed by atoms with Gasteiger partial charge in [0.15, 0.2) is 0 Å². The first-order valence-electron chi connectivity index (χ1n) is 3.04. The highest BCUT2D eigenvalue weighted by Gasteiger charge is 2.39. The smallest absolute Gasteiger partial charge is 0.0311 e. The van der Waals surface area contributed by atoms with Gasteiger partial charge >= 0.3 is 0 Å². The van der Waals surface area contributed by atoms with Crippen LogP contribution in [0.15, 0.2) is 0 Å². The molecule has 0 saturated carbocycles. The lowest BCUT2D eigenvalue weighted by Gasteiger charge is -2.37. The van der Waals surface area contributed by atoms with Crippen LogP contribution in [0.4, 0.5) is 0 Å². The summed E-state index contributed by atoms with van der Waals surface area (Å²) in [5.74, 6) is 0. The molecule has 2 rings (SSSR count). The number of hydrogen-bond donors (Lipinski definition) is 2. The van der Waals surface area contributed by atoms with E-state index in [-0.39, 0.29) is 0 Å². The fraction of sp³-hybridized carbons (Fsp3) is 0.667. The fourth-order valence-corrected chi connectivity index (χ4v) is 1.26. The second kappa shape index (κ2) is 1.45. The van der Waals surface area contributed by atoms with Crippen LogP contribution in [-0.2, 0) is 0 Å². The zero-order valence-corrected chi connectivity index (χ0v) is 4.78. The molecule has 2 heteroatoms. The molecule has 2 aliphatic heterocycles. The molecule has 2 saturated heterocycles. The summed E-state index contributed by atoms with van der Waals surface area (Å²) in [7, 11) is 0. The van der Waals surface area contributed by atoms with E-state index in [0.717, 1.165) is 19.6 Å². The van der Waals surface area contributed by atoms with Crippen molar-refractivity contribution in [3.63, 3.8) is 0 Å². The molecular weight excluding hydrogens is 100 g/mol. The van der Waals surface area contributed by atoms with Gasteiger partial charge in [0.1, 0.15) is 0 Å². The third kappa shape index (κ3) is 0.501. The molecule has 44 valence electrons. The monoisotopic (exact) mass is 110 g/mol. The average Bonchev–Trinajstić information content (AvgIpc) is 2.07. The van der Waals surface area contributed by atoms with Crippen LogP contribution in [0.5, 0.6) is 0 Å². The lowest BCUT2D eigenvalue weighted by molar-refractivity contribution is 0.311. The molecule has 2 heterocycles. The van der Waals surface area contributed by atoms with Crippen molar-refractivity contribution in [1.82, 2.24) is 10.6 Å². The van der Waals surface area contributed by atoms with Crippen LogP contribution in [0.25, 0.3) is 0 Å². The quantitative estimate of drug-likeness (QED) is 0.441. The Bertz CT molecular complexity index is 88.7. The summed E-state index contributed by atoms with van der Waals surface area (Å²) in [6.07, 6.45) is 2.34. The van der Waals surface area contributed by atoms with Gasteiger partial charge in [-0.15, -0.1) is 0 Å². The van der Waals surface area contributed by atoms with Gasteiger partial charge < -0.3 is 10.6 Å². The van der Waals surface area contributed by atoms with E-state index >= 15 is 0 Å². The van der Waals surface area contributed by atoms with Gasteiger partial charge in [0.05, 0.1) is 0 Å². The molecule has 2 N–H and O–H groups in total. The van der Waals surface area contributed by atoms with E-state index in [4.69, 9.17) is 0 Å². The molecule has 2 fully saturated rings. The summed E-state index contributed by atoms with van der Waals surface area (Å²) in [4.78, 5) is 0. The maximum atomic E-state index is 3.29. The fourth-order valence-electron chi connectivity index (χ4n) is 1.26. The molecule has 0 aliphatic carbocycles. The van der Waals surface area contributed by atoms with E-state index in [9.17, 15) is 0 Å². The Morgan fingerprint density at radius 3 is 2.50 bits per heavy atom. The number of nitrogens with one attached hydrogen (secondary N) is 2. The third-order valence-electron chi connectivity index (χ3n) is 1.93. The molecule has 2 aliphatic rings. The molecule has 0 aromatic carbocycles. The van der Waals surface area contributed by atoms with Crippen molar-refractivity contribution in [2.24, 2.45) is 5.41 Å². The standard InChI is InChI=1S/C6H10N2/c1-2-7-3-6(1)4-8-5-6/h1,4,7-8H,2-3,5H2. The SMILES string of the molecule is [CH]1CNCC12[CH]NC2. The van der Waals surface area contributed by atoms with Gasteiger partial charge in [-0.2, -0.15) is 0 Å². The van der Waals surface area contributed by atoms with Crippen LogP contribution < -0.4 is 10.6 Å². The Balaban J connectivity index is 2.01. The van der Waals surface area contributed by atoms with E-state index in [1.165, 1.54) is 0 Å². The molecule has 8 heavy (non-hydrogen) atoms. The Morgan fingerprint density at radius 2 is 2.25 bits per heavy atom. The largest absolute Gasteiger partial charge is 0.316 e. The van der Waals surface area contributed by atoms with Gasteiger partial charge in [-0.25, -0.2) is 0 Å². The van der Waals surface area contributed by atoms with Gasteiger partial charge in [-0.1, -0.05) is 0 Å². The summed E-state index contributed by atoms with van der Waals surface area (Å²) < 4.78 is 0. The van der Waals surface area contributed by atoms with Crippen molar-refractivity contribution in [1.29, 1.82) is 0 Å². The van der Waals surface area contributed by atoms with Crippen molar-refractivity contribution in [2.75, 3.05) is 19.6 Å². The van der Waals surface area contributed by atoms with Crippen molar-refractivity contribution >= 4 is 0 Å². The summed E-state index contributed by atoms with van der Waals surface area (Å²) >= 11 is 0. The maximum Gasteiger partial charge on any atom is 0.0311 e. The molecule has 0 aromatic heterocycles. The van der Waals surface area contributed by atoms with Gasteiger partial charge in [0, 0.05) is 25.0 Å². The van der Waals surface area contributed by atoms with E-state index in [1.807, 2.05) is 0 Å². The van der Waals surface area contributed by atoms with Crippen LogP contribution in [0.3, 0.4) is 0 Å². The van der Waals surface area contributed by atoms with Crippen molar-refractivity contribution < 1.29 is 0 Å². The van der Waals surface area contributed by atoms with E-state index < -0.39 is 0 Å². The topological polar surface area (TPSA) is 24.1 Å². The van der Waals surface area contributed by atoms with Crippen LogP contribution >= 0.6 is 0 Å². The second-order valence-corrected chi connectivity index (χ2v) is 2.59. The predicted octanol–water partition coefficient (Wildman–Crippen LogP) is -0.455. The van der Waals surface area contributed by atoms with E-state index in [0.29, 0.717) is 5.41 Å². The zero-order chi connectivity index (χ0) is 5.45. The van der Waals surface area contributed by atoms with E-state index in [2.05, 4.69) is 23.6 Å². The summed E-state index contributed by atoms with van der Waals surface area (Å²) in [5, 5.41) is 6.44. The highest BCUT2D eigenvalue weighted by Crippen LogP contribution is 2.31. The van der Waals surface area contributed by atoms with Gasteiger partial charge in [-0.3, -0.25) is 0 Å². The normalized spacial score (nSPS) is 33.0. The highest BCUT2D eigenvalue weighted by molar-refractivity contribution is 5.15. The molecule has 2 radical (unpaired) electrons. The third-order valence-corrected chi connectivity index (χ3v) is 1.93. The van der Waals surface area contributed by atoms with Crippen LogP contribution in [0.2, 0.25) is 0 Å². The summed E-state index contributed by atoms with van der Waals surface area (Å²) in [6.45, 7) is 5.53. The highest BCUT2D eigenvalue weighted by atomic mass is 15.1. The average molecular weight is 110 g/mol. The minimum Gasteiger partial charge on any atom is -0.316 e. The number of hydrogen-bond acceptors (Lipinski definition) is 2. The summed E-state index contributed by atoms with van der Waals surface area (Å²) in [5.41, 5.74) is 0.444. The van der Waals surface area contributed by atoms with Crippen molar-refractivity contribution in [2.45, 2.75) is 0 Å². The molecule has 1 spiro atoms. The Morgan fingerprint density at radius 1 is 1.38 bits per heavy atom. The zero-order valence-electron chi connectivity index (χ0n) is 4.78. The van der Waals surface area contributed by atoms with Crippen LogP contribution in [0.1, 0.15) is 0 Å². The van der Waals surface area contributed by atoms with Crippen molar-refractivity contribution in [3.05, 3.63) is 13.0 Å². The van der Waals surface area contributed by atoms with Crippen molar-refractivity contribution in [3.8, 4) is 0 Å². The van der Waals surface area contributed by atoms with Crippen LogP contribution in [-0.4, -0.2) is 19.6 Å². The maximum absolute atomic E-state index is 3.29. The first-order chi connectivity index (χ1) is 3.91. The molecule has 2 nitrogen and oxygen atoms in total.